The highest BCUT2D eigenvalue weighted by Crippen LogP contribution is 2.32. The zero-order valence-electron chi connectivity index (χ0n) is 26.9. The van der Waals surface area contributed by atoms with Gasteiger partial charge in [-0.3, -0.25) is 14.1 Å². The summed E-state index contributed by atoms with van der Waals surface area (Å²) >= 11 is 6.11. The summed E-state index contributed by atoms with van der Waals surface area (Å²) in [5.74, 6) is -1.25. The lowest BCUT2D eigenvalue weighted by Crippen LogP contribution is -2.23. The minimum absolute atomic E-state index is 0.157. The highest BCUT2D eigenvalue weighted by atomic mass is 35.5. The van der Waals surface area contributed by atoms with Gasteiger partial charge in [0, 0.05) is 22.8 Å². The van der Waals surface area contributed by atoms with Crippen LogP contribution in [-0.4, -0.2) is 54.7 Å². The molecule has 0 spiro atoms. The number of rotatable bonds is 11. The number of aryl methyl sites for hydroxylation is 1. The number of amides is 1. The van der Waals surface area contributed by atoms with Gasteiger partial charge in [0.1, 0.15) is 6.29 Å². The van der Waals surface area contributed by atoms with Crippen molar-refractivity contribution in [2.75, 3.05) is 24.7 Å². The fourth-order valence-corrected chi connectivity index (χ4v) is 5.77. The summed E-state index contributed by atoms with van der Waals surface area (Å²) in [5, 5.41) is 25.9. The Morgan fingerprint density at radius 2 is 1.45 bits per heavy atom. The van der Waals surface area contributed by atoms with Gasteiger partial charge in [-0.15, -0.1) is 0 Å². The molecule has 0 heterocycles. The SMILES string of the molecule is CNCCS(=O)(=O)O.Cc1cc(Cl)ccc1-c1ccc(NC(=O)C(Cc2ccc(C=O)cc2)c2ccc(-c3ccc(O)c(O)c3)cc2)cc1. The predicted octanol–water partition coefficient (Wildman–Crippen LogP) is 7.26. The highest BCUT2D eigenvalue weighted by molar-refractivity contribution is 7.85. The number of benzene rings is 5. The molecule has 0 saturated heterocycles. The minimum atomic E-state index is -3.75. The van der Waals surface area contributed by atoms with Gasteiger partial charge in [-0.25, -0.2) is 0 Å². The summed E-state index contributed by atoms with van der Waals surface area (Å²) in [6.07, 6.45) is 1.23. The number of carbonyl (C=O) groups is 2. The molecule has 5 aromatic rings. The number of aromatic hydroxyl groups is 2. The summed E-state index contributed by atoms with van der Waals surface area (Å²) < 4.78 is 27.9. The van der Waals surface area contributed by atoms with Crippen molar-refractivity contribution in [2.45, 2.75) is 19.3 Å². The molecule has 1 unspecified atom stereocenters. The van der Waals surface area contributed by atoms with Crippen molar-refractivity contribution < 1.29 is 32.8 Å². The van der Waals surface area contributed by atoms with Crippen LogP contribution >= 0.6 is 11.6 Å². The summed E-state index contributed by atoms with van der Waals surface area (Å²) in [6, 6.07) is 32.9. The number of nitrogens with one attached hydrogen (secondary N) is 2. The Labute approximate surface area is 291 Å². The van der Waals surface area contributed by atoms with Crippen LogP contribution in [0.2, 0.25) is 5.02 Å². The molecule has 0 radical (unpaired) electrons. The van der Waals surface area contributed by atoms with Gasteiger partial charge in [-0.1, -0.05) is 84.4 Å². The lowest BCUT2D eigenvalue weighted by Gasteiger charge is -2.19. The maximum absolute atomic E-state index is 13.7. The van der Waals surface area contributed by atoms with Gasteiger partial charge in [0.05, 0.1) is 11.7 Å². The van der Waals surface area contributed by atoms with E-state index in [4.69, 9.17) is 16.2 Å². The number of aldehydes is 1. The van der Waals surface area contributed by atoms with Gasteiger partial charge in [0.15, 0.2) is 11.5 Å². The number of carbonyl (C=O) groups excluding carboxylic acids is 2. The molecule has 0 fully saturated rings. The molecule has 0 aliphatic carbocycles. The summed E-state index contributed by atoms with van der Waals surface area (Å²) in [5.41, 5.74) is 7.76. The second-order valence-electron chi connectivity index (χ2n) is 11.4. The van der Waals surface area contributed by atoms with E-state index in [0.29, 0.717) is 29.2 Å². The van der Waals surface area contributed by atoms with Crippen LogP contribution in [0.5, 0.6) is 11.5 Å². The second-order valence-corrected chi connectivity index (χ2v) is 13.4. The van der Waals surface area contributed by atoms with E-state index in [0.717, 1.165) is 45.2 Å². The topological polar surface area (TPSA) is 153 Å². The standard InChI is InChI=1S/C35H28ClNO4.C3H9NO3S/c1-22-18-29(36)13-16-31(22)26-10-14-30(15-11-26)37-35(41)32(19-23-2-4-24(21-38)5-3-23)27-8-6-25(7-9-27)28-12-17-33(39)34(40)20-28;1-4-2-3-8(5,6)7/h2-18,20-21,32,39-40H,19H2,1H3,(H,37,41);4H,2-3H2,1H3,(H,5,6,7). The number of phenolic OH excluding ortho intramolecular Hbond substituents is 2. The van der Waals surface area contributed by atoms with Crippen molar-refractivity contribution in [1.29, 1.82) is 0 Å². The van der Waals surface area contributed by atoms with Gasteiger partial charge >= 0.3 is 0 Å². The van der Waals surface area contributed by atoms with Crippen molar-refractivity contribution in [3.63, 3.8) is 0 Å². The molecule has 5 rings (SSSR count). The highest BCUT2D eigenvalue weighted by Gasteiger charge is 2.22. The lowest BCUT2D eigenvalue weighted by atomic mass is 9.89. The van der Waals surface area contributed by atoms with E-state index < -0.39 is 16.0 Å². The molecule has 0 bridgehead atoms. The van der Waals surface area contributed by atoms with E-state index in [9.17, 15) is 28.2 Å². The molecule has 0 aliphatic heterocycles. The molecule has 254 valence electrons. The van der Waals surface area contributed by atoms with E-state index in [1.165, 1.54) is 12.1 Å². The number of hydrogen-bond donors (Lipinski definition) is 5. The third-order valence-corrected chi connectivity index (χ3v) is 8.71. The van der Waals surface area contributed by atoms with E-state index in [1.807, 2.05) is 85.8 Å². The monoisotopic (exact) mass is 700 g/mol. The van der Waals surface area contributed by atoms with Gasteiger partial charge in [0.25, 0.3) is 10.1 Å². The Hall–Kier alpha value is -5.00. The van der Waals surface area contributed by atoms with Crippen LogP contribution in [0.1, 0.15) is 33.0 Å². The van der Waals surface area contributed by atoms with Crippen LogP contribution in [0.3, 0.4) is 0 Å². The average Bonchev–Trinajstić information content (AvgIpc) is 3.08. The van der Waals surface area contributed by atoms with E-state index >= 15 is 0 Å². The van der Waals surface area contributed by atoms with E-state index in [2.05, 4.69) is 10.6 Å². The largest absolute Gasteiger partial charge is 0.504 e. The van der Waals surface area contributed by atoms with Crippen molar-refractivity contribution in [2.24, 2.45) is 0 Å². The number of anilines is 1. The maximum atomic E-state index is 13.7. The van der Waals surface area contributed by atoms with Gasteiger partial charge in [0.2, 0.25) is 5.91 Å². The quantitative estimate of drug-likeness (QED) is 0.0548. The van der Waals surface area contributed by atoms with Gasteiger partial charge in [-0.2, -0.15) is 8.42 Å². The lowest BCUT2D eigenvalue weighted by molar-refractivity contribution is -0.117. The van der Waals surface area contributed by atoms with E-state index in [-0.39, 0.29) is 23.2 Å². The molecule has 1 amide bonds. The Bertz CT molecular complexity index is 2000. The molecule has 49 heavy (non-hydrogen) atoms. The normalized spacial score (nSPS) is 11.6. The molecule has 1 atom stereocenters. The summed E-state index contributed by atoms with van der Waals surface area (Å²) in [4.78, 5) is 24.8. The van der Waals surface area contributed by atoms with Crippen molar-refractivity contribution in [3.05, 3.63) is 136 Å². The second kappa shape index (κ2) is 16.9. The molecule has 9 nitrogen and oxygen atoms in total. The molecular formula is C38H37ClN2O7S. The first-order valence-corrected chi connectivity index (χ1v) is 17.3. The van der Waals surface area contributed by atoms with Gasteiger partial charge in [-0.05, 0) is 95.7 Å². The zero-order chi connectivity index (χ0) is 35.6. The number of phenols is 2. The number of hydrogen-bond acceptors (Lipinski definition) is 7. The minimum Gasteiger partial charge on any atom is -0.504 e. The zero-order valence-corrected chi connectivity index (χ0v) is 28.5. The molecular weight excluding hydrogens is 664 g/mol. The van der Waals surface area contributed by atoms with Crippen LogP contribution in [0, 0.1) is 6.92 Å². The fourth-order valence-electron chi connectivity index (χ4n) is 5.09. The van der Waals surface area contributed by atoms with Crippen molar-refractivity contribution in [3.8, 4) is 33.8 Å². The molecule has 5 N–H and O–H groups in total. The molecule has 0 aromatic heterocycles. The molecule has 11 heteroatoms. The molecule has 0 saturated carbocycles. The maximum Gasteiger partial charge on any atom is 0.266 e. The predicted molar refractivity (Wildman–Crippen MR) is 194 cm³/mol. The first kappa shape index (κ1) is 36.8. The number of halogens is 1. The fraction of sp³-hybridized carbons (Fsp3) is 0.158. The molecule has 0 aliphatic rings. The summed E-state index contributed by atoms with van der Waals surface area (Å²) in [7, 11) is -2.13. The summed E-state index contributed by atoms with van der Waals surface area (Å²) in [6.45, 7) is 2.30. The first-order valence-electron chi connectivity index (χ1n) is 15.3. The van der Waals surface area contributed by atoms with Crippen LogP contribution in [-0.2, 0) is 21.3 Å². The Morgan fingerprint density at radius 3 is 2.00 bits per heavy atom. The Morgan fingerprint density at radius 1 is 0.816 bits per heavy atom. The third-order valence-electron chi connectivity index (χ3n) is 7.76. The van der Waals surface area contributed by atoms with Crippen molar-refractivity contribution >= 4 is 39.6 Å². The smallest absolute Gasteiger partial charge is 0.266 e. The van der Waals surface area contributed by atoms with Crippen LogP contribution in [0.4, 0.5) is 5.69 Å². The average molecular weight is 701 g/mol. The van der Waals surface area contributed by atoms with Crippen LogP contribution < -0.4 is 10.6 Å². The van der Waals surface area contributed by atoms with Crippen molar-refractivity contribution in [1.82, 2.24) is 5.32 Å². The van der Waals surface area contributed by atoms with Crippen LogP contribution in [0.15, 0.2) is 109 Å². The van der Waals surface area contributed by atoms with Crippen LogP contribution in [0.25, 0.3) is 22.3 Å². The Kier molecular flexibility index (Phi) is 12.7. The molecule has 5 aromatic carbocycles. The third kappa shape index (κ3) is 10.8. The van der Waals surface area contributed by atoms with E-state index in [1.54, 1.807) is 25.2 Å². The van der Waals surface area contributed by atoms with Gasteiger partial charge < -0.3 is 20.8 Å². The Balaban J connectivity index is 0.000000603. The first-order chi connectivity index (χ1) is 23.4.